The zero-order valence-corrected chi connectivity index (χ0v) is 14.0. The summed E-state index contributed by atoms with van der Waals surface area (Å²) < 4.78 is 0. The number of aliphatic carboxylic acids is 1. The van der Waals surface area contributed by atoms with Gasteiger partial charge in [-0.3, -0.25) is 4.79 Å². The molecule has 3 heterocycles. The second kappa shape index (κ2) is 5.85. The molecule has 0 bridgehead atoms. The fourth-order valence-corrected chi connectivity index (χ4v) is 5.19. The molecule has 0 amide bonds. The molecule has 1 aromatic rings. The van der Waals surface area contributed by atoms with E-state index < -0.39 is 11.4 Å². The van der Waals surface area contributed by atoms with Crippen LogP contribution in [0.5, 0.6) is 0 Å². The summed E-state index contributed by atoms with van der Waals surface area (Å²) in [5, 5.41) is 9.73. The van der Waals surface area contributed by atoms with Crippen LogP contribution in [0.15, 0.2) is 12.4 Å². The Hall–Kier alpha value is -1.50. The first kappa shape index (κ1) is 15.1. The minimum atomic E-state index is -0.634. The minimum absolute atomic E-state index is 0.254. The van der Waals surface area contributed by atoms with Crippen molar-refractivity contribution in [2.45, 2.75) is 19.3 Å². The molecule has 0 radical (unpaired) electrons. The molecule has 2 atom stereocenters. The van der Waals surface area contributed by atoms with Crippen molar-refractivity contribution in [3.05, 3.63) is 12.4 Å². The minimum Gasteiger partial charge on any atom is -0.481 e. The Morgan fingerprint density at radius 3 is 2.70 bits per heavy atom. The SMILES string of the molecule is O=C(O)[C@@]12CCC[C@H]1CN(c1cc(N3CCSCC3)ncn1)C2. The predicted molar refractivity (Wildman–Crippen MR) is 91.2 cm³/mol. The Labute approximate surface area is 140 Å². The number of hydrogen-bond acceptors (Lipinski definition) is 6. The third kappa shape index (κ3) is 2.55. The fourth-order valence-electron chi connectivity index (χ4n) is 4.29. The first-order valence-electron chi connectivity index (χ1n) is 8.32. The molecule has 1 aromatic heterocycles. The van der Waals surface area contributed by atoms with E-state index in [0.717, 1.165) is 62.0 Å². The number of aromatic nitrogens is 2. The van der Waals surface area contributed by atoms with Gasteiger partial charge in [-0.15, -0.1) is 0 Å². The number of thioether (sulfide) groups is 1. The number of nitrogens with zero attached hydrogens (tertiary/aromatic N) is 4. The van der Waals surface area contributed by atoms with Gasteiger partial charge in [0, 0.05) is 43.8 Å². The molecule has 2 saturated heterocycles. The highest BCUT2D eigenvalue weighted by Crippen LogP contribution is 2.49. The van der Waals surface area contributed by atoms with E-state index in [9.17, 15) is 9.90 Å². The van der Waals surface area contributed by atoms with Crippen LogP contribution in [0.2, 0.25) is 0 Å². The van der Waals surface area contributed by atoms with E-state index in [1.54, 1.807) is 6.33 Å². The molecule has 2 aliphatic heterocycles. The van der Waals surface area contributed by atoms with Gasteiger partial charge in [0.1, 0.15) is 18.0 Å². The van der Waals surface area contributed by atoms with Crippen molar-refractivity contribution >= 4 is 29.4 Å². The van der Waals surface area contributed by atoms with Crippen LogP contribution >= 0.6 is 11.8 Å². The first-order valence-corrected chi connectivity index (χ1v) is 9.48. The van der Waals surface area contributed by atoms with Crippen molar-refractivity contribution in [1.82, 2.24) is 9.97 Å². The second-order valence-electron chi connectivity index (χ2n) is 6.76. The summed E-state index contributed by atoms with van der Waals surface area (Å²) in [6.45, 7) is 3.42. The molecule has 4 rings (SSSR count). The molecule has 0 unspecified atom stereocenters. The Kier molecular flexibility index (Phi) is 3.83. The van der Waals surface area contributed by atoms with Crippen molar-refractivity contribution in [2.24, 2.45) is 11.3 Å². The van der Waals surface area contributed by atoms with Gasteiger partial charge >= 0.3 is 5.97 Å². The van der Waals surface area contributed by atoms with Crippen LogP contribution in [0.4, 0.5) is 11.6 Å². The lowest BCUT2D eigenvalue weighted by molar-refractivity contribution is -0.149. The second-order valence-corrected chi connectivity index (χ2v) is 7.99. The molecule has 124 valence electrons. The van der Waals surface area contributed by atoms with Gasteiger partial charge in [0.05, 0.1) is 5.41 Å². The lowest BCUT2D eigenvalue weighted by Gasteiger charge is -2.28. The quantitative estimate of drug-likeness (QED) is 0.902. The van der Waals surface area contributed by atoms with Gasteiger partial charge < -0.3 is 14.9 Å². The molecule has 0 spiro atoms. The molecular formula is C16H22N4O2S. The van der Waals surface area contributed by atoms with E-state index in [1.807, 2.05) is 17.8 Å². The van der Waals surface area contributed by atoms with Gasteiger partial charge in [-0.25, -0.2) is 9.97 Å². The average molecular weight is 334 g/mol. The number of rotatable bonds is 3. The van der Waals surface area contributed by atoms with E-state index in [1.165, 1.54) is 0 Å². The Morgan fingerprint density at radius 1 is 1.26 bits per heavy atom. The number of carboxylic acids is 1. The highest BCUT2D eigenvalue weighted by atomic mass is 32.2. The van der Waals surface area contributed by atoms with Gasteiger partial charge in [0.25, 0.3) is 0 Å². The summed E-state index contributed by atoms with van der Waals surface area (Å²) in [6, 6.07) is 2.03. The number of carboxylic acid groups (broad SMARTS) is 1. The molecule has 1 N–H and O–H groups in total. The number of hydrogen-bond donors (Lipinski definition) is 1. The van der Waals surface area contributed by atoms with E-state index in [2.05, 4.69) is 19.8 Å². The van der Waals surface area contributed by atoms with Crippen molar-refractivity contribution in [2.75, 3.05) is 47.5 Å². The lowest BCUT2D eigenvalue weighted by Crippen LogP contribution is -2.36. The van der Waals surface area contributed by atoms with Crippen LogP contribution < -0.4 is 9.80 Å². The van der Waals surface area contributed by atoms with Gasteiger partial charge in [-0.2, -0.15) is 11.8 Å². The normalized spacial score (nSPS) is 30.5. The predicted octanol–water partition coefficient (Wildman–Crippen LogP) is 1.72. The summed E-state index contributed by atoms with van der Waals surface area (Å²) in [5.41, 5.74) is -0.563. The standard InChI is InChI=1S/C16H22N4O2S/c21-15(22)16-3-1-2-12(16)9-20(10-16)14-8-13(17-11-18-14)19-4-6-23-7-5-19/h8,11-12H,1-7,9-10H2,(H,21,22)/t12-,16+/m0/s1. The molecule has 0 aromatic carbocycles. The van der Waals surface area contributed by atoms with Crippen LogP contribution in [-0.4, -0.2) is 58.7 Å². The summed E-state index contributed by atoms with van der Waals surface area (Å²) in [5.74, 6) is 3.73. The smallest absolute Gasteiger partial charge is 0.311 e. The fraction of sp³-hybridized carbons (Fsp3) is 0.688. The van der Waals surface area contributed by atoms with Crippen molar-refractivity contribution in [1.29, 1.82) is 0 Å². The Morgan fingerprint density at radius 2 is 2.00 bits per heavy atom. The van der Waals surface area contributed by atoms with E-state index >= 15 is 0 Å². The molecule has 23 heavy (non-hydrogen) atoms. The van der Waals surface area contributed by atoms with Crippen molar-refractivity contribution in [3.63, 3.8) is 0 Å². The molecule has 1 saturated carbocycles. The monoisotopic (exact) mass is 334 g/mol. The van der Waals surface area contributed by atoms with Gasteiger partial charge in [0.15, 0.2) is 0 Å². The van der Waals surface area contributed by atoms with E-state index in [0.29, 0.717) is 6.54 Å². The summed E-state index contributed by atoms with van der Waals surface area (Å²) in [4.78, 5) is 25.1. The van der Waals surface area contributed by atoms with Gasteiger partial charge in [-0.1, -0.05) is 6.42 Å². The van der Waals surface area contributed by atoms with E-state index in [4.69, 9.17) is 0 Å². The molecule has 1 aliphatic carbocycles. The van der Waals surface area contributed by atoms with Crippen LogP contribution in [-0.2, 0) is 4.79 Å². The number of fused-ring (bicyclic) bond motifs is 1. The third-order valence-corrected chi connectivity index (χ3v) is 6.54. The van der Waals surface area contributed by atoms with Gasteiger partial charge in [0.2, 0.25) is 0 Å². The Balaban J connectivity index is 1.56. The van der Waals surface area contributed by atoms with Crippen LogP contribution in [0.1, 0.15) is 19.3 Å². The maximum atomic E-state index is 11.8. The van der Waals surface area contributed by atoms with Crippen molar-refractivity contribution < 1.29 is 9.90 Å². The summed E-state index contributed by atoms with van der Waals surface area (Å²) >= 11 is 1.98. The van der Waals surface area contributed by atoms with E-state index in [-0.39, 0.29) is 5.92 Å². The average Bonchev–Trinajstić information content (AvgIpc) is 3.14. The maximum Gasteiger partial charge on any atom is 0.311 e. The Bertz CT molecular complexity index is 607. The van der Waals surface area contributed by atoms with Crippen molar-refractivity contribution in [3.8, 4) is 0 Å². The zero-order chi connectivity index (χ0) is 15.9. The number of carbonyl (C=O) groups is 1. The van der Waals surface area contributed by atoms with Crippen LogP contribution in [0, 0.1) is 11.3 Å². The molecule has 6 nitrogen and oxygen atoms in total. The largest absolute Gasteiger partial charge is 0.481 e. The molecule has 7 heteroatoms. The molecule has 3 aliphatic rings. The topological polar surface area (TPSA) is 69.6 Å². The maximum absolute atomic E-state index is 11.8. The highest BCUT2D eigenvalue weighted by molar-refractivity contribution is 7.99. The molecule has 3 fully saturated rings. The summed E-state index contributed by atoms with van der Waals surface area (Å²) in [6.07, 6.45) is 4.47. The first-order chi connectivity index (χ1) is 11.2. The van der Waals surface area contributed by atoms with Gasteiger partial charge in [-0.05, 0) is 18.8 Å². The highest BCUT2D eigenvalue weighted by Gasteiger charge is 2.55. The van der Waals surface area contributed by atoms with Crippen LogP contribution in [0.25, 0.3) is 0 Å². The molecular weight excluding hydrogens is 312 g/mol. The van der Waals surface area contributed by atoms with Crippen LogP contribution in [0.3, 0.4) is 0 Å². The zero-order valence-electron chi connectivity index (χ0n) is 13.1. The summed E-state index contributed by atoms with van der Waals surface area (Å²) in [7, 11) is 0. The third-order valence-electron chi connectivity index (χ3n) is 5.59. The lowest BCUT2D eigenvalue weighted by atomic mass is 9.81. The number of anilines is 2.